The van der Waals surface area contributed by atoms with Gasteiger partial charge in [-0.15, -0.1) is 5.10 Å². The van der Waals surface area contributed by atoms with E-state index in [-0.39, 0.29) is 11.6 Å². The number of tetrazole rings is 1. The number of hydrogen-bond acceptors (Lipinski definition) is 5. The quantitative estimate of drug-likeness (QED) is 0.330. The molecule has 0 spiro atoms. The highest BCUT2D eigenvalue weighted by atomic mass is 16.2. The monoisotopic (exact) mass is 478 g/mol. The molecule has 0 saturated heterocycles. The number of aromatic nitrogens is 6. The molecule has 0 aliphatic rings. The molecule has 0 saturated carbocycles. The molecular weight excluding hydrogens is 452 g/mol. The van der Waals surface area contributed by atoms with Gasteiger partial charge in [0.25, 0.3) is 5.91 Å². The second-order valence-corrected chi connectivity index (χ2v) is 8.60. The van der Waals surface area contributed by atoms with Crippen molar-refractivity contribution in [1.29, 1.82) is 0 Å². The molecule has 3 aromatic carbocycles. The zero-order valence-electron chi connectivity index (χ0n) is 20.0. The number of rotatable bonds is 8. The lowest BCUT2D eigenvalue weighted by Gasteiger charge is -2.11. The zero-order valence-corrected chi connectivity index (χ0v) is 20.0. The van der Waals surface area contributed by atoms with Crippen molar-refractivity contribution < 1.29 is 4.79 Å². The van der Waals surface area contributed by atoms with Crippen molar-refractivity contribution in [3.8, 4) is 16.8 Å². The summed E-state index contributed by atoms with van der Waals surface area (Å²) in [5, 5.41) is 11.5. The van der Waals surface area contributed by atoms with E-state index in [4.69, 9.17) is 0 Å². The van der Waals surface area contributed by atoms with Crippen LogP contribution in [0.15, 0.2) is 96.2 Å². The number of carbonyl (C=O) groups is 1. The van der Waals surface area contributed by atoms with Crippen LogP contribution in [0.1, 0.15) is 41.4 Å². The Balaban J connectivity index is 1.45. The molecule has 2 aromatic heterocycles. The normalized spacial score (nSPS) is 11.0. The predicted octanol–water partition coefficient (Wildman–Crippen LogP) is 4.37. The molecule has 180 valence electrons. The van der Waals surface area contributed by atoms with Crippen LogP contribution in [-0.2, 0) is 13.0 Å². The molecule has 8 heteroatoms. The van der Waals surface area contributed by atoms with E-state index < -0.39 is 0 Å². The van der Waals surface area contributed by atoms with E-state index >= 15 is 0 Å². The lowest BCUT2D eigenvalue weighted by Crippen LogP contribution is -2.30. The first-order valence-electron chi connectivity index (χ1n) is 12.0. The minimum absolute atomic E-state index is 0.313. The van der Waals surface area contributed by atoms with Crippen LogP contribution in [0.2, 0.25) is 0 Å². The van der Waals surface area contributed by atoms with Crippen molar-refractivity contribution >= 4 is 5.91 Å². The topological polar surface area (TPSA) is 87.6 Å². The van der Waals surface area contributed by atoms with Crippen molar-refractivity contribution in [3.05, 3.63) is 119 Å². The summed E-state index contributed by atoms with van der Waals surface area (Å²) < 4.78 is 4.58. The minimum atomic E-state index is -0.317. The molecule has 0 amide bonds. The third-order valence-corrected chi connectivity index (χ3v) is 6.19. The first-order chi connectivity index (χ1) is 17.7. The first-order valence-corrected chi connectivity index (χ1v) is 12.0. The molecule has 5 rings (SSSR count). The molecule has 0 aliphatic carbocycles. The number of para-hydroxylation sites is 1. The van der Waals surface area contributed by atoms with Gasteiger partial charge in [-0.05, 0) is 52.6 Å². The van der Waals surface area contributed by atoms with Crippen LogP contribution in [0.4, 0.5) is 0 Å². The summed E-state index contributed by atoms with van der Waals surface area (Å²) in [7, 11) is 0. The Morgan fingerprint density at radius 1 is 0.917 bits per heavy atom. The average Bonchev–Trinajstić information content (AvgIpc) is 3.57. The van der Waals surface area contributed by atoms with Gasteiger partial charge >= 0.3 is 5.69 Å². The molecule has 0 radical (unpaired) electrons. The van der Waals surface area contributed by atoms with Gasteiger partial charge in [-0.25, -0.2) is 9.36 Å². The van der Waals surface area contributed by atoms with Crippen molar-refractivity contribution in [2.45, 2.75) is 32.7 Å². The van der Waals surface area contributed by atoms with Gasteiger partial charge in [-0.2, -0.15) is 4.68 Å². The number of nitrogens with zero attached hydrogens (tertiary/aromatic N) is 6. The SMILES string of the molecule is CCCCc1cn(C(=O)c2ccccc2)c(=O)n1Cc1ccc(-c2ccccc2-n2cnnn2)cc1. The number of benzene rings is 3. The summed E-state index contributed by atoms with van der Waals surface area (Å²) in [4.78, 5) is 26.3. The van der Waals surface area contributed by atoms with E-state index in [0.29, 0.717) is 12.1 Å². The van der Waals surface area contributed by atoms with Crippen LogP contribution < -0.4 is 5.69 Å². The van der Waals surface area contributed by atoms with Crippen LogP contribution in [-0.4, -0.2) is 35.2 Å². The number of unbranched alkanes of at least 4 members (excludes halogenated alkanes) is 1. The summed E-state index contributed by atoms with van der Waals surface area (Å²) in [5.41, 5.74) is 4.90. The Labute approximate surface area is 208 Å². The summed E-state index contributed by atoms with van der Waals surface area (Å²) in [6, 6.07) is 24.9. The van der Waals surface area contributed by atoms with Gasteiger partial charge in [-0.3, -0.25) is 9.36 Å². The fourth-order valence-corrected chi connectivity index (χ4v) is 4.28. The van der Waals surface area contributed by atoms with E-state index in [9.17, 15) is 9.59 Å². The largest absolute Gasteiger partial charge is 0.335 e. The molecule has 0 N–H and O–H groups in total. The molecule has 0 fully saturated rings. The Morgan fingerprint density at radius 3 is 2.39 bits per heavy atom. The summed E-state index contributed by atoms with van der Waals surface area (Å²) in [6.45, 7) is 2.50. The highest BCUT2D eigenvalue weighted by Gasteiger charge is 2.18. The fourth-order valence-electron chi connectivity index (χ4n) is 4.28. The maximum Gasteiger partial charge on any atom is 0.335 e. The summed E-state index contributed by atoms with van der Waals surface area (Å²) in [6.07, 6.45) is 5.94. The van der Waals surface area contributed by atoms with Gasteiger partial charge in [-0.1, -0.05) is 74.0 Å². The molecule has 0 bridgehead atoms. The van der Waals surface area contributed by atoms with Crippen LogP contribution in [0.25, 0.3) is 16.8 Å². The molecule has 0 unspecified atom stereocenters. The van der Waals surface area contributed by atoms with Gasteiger partial charge in [0.15, 0.2) is 0 Å². The molecule has 5 aromatic rings. The van der Waals surface area contributed by atoms with E-state index in [1.807, 2.05) is 54.6 Å². The summed E-state index contributed by atoms with van der Waals surface area (Å²) in [5.74, 6) is -0.313. The van der Waals surface area contributed by atoms with Crippen molar-refractivity contribution in [1.82, 2.24) is 29.3 Å². The standard InChI is InChI=1S/C28H26N6O2/c1-2-3-11-24-19-33(27(35)23-9-5-4-6-10-23)28(36)32(24)18-21-14-16-22(17-15-21)25-12-7-8-13-26(25)34-20-29-30-31-34/h4-10,12-17,19-20H,2-3,11,18H2,1H3. The average molecular weight is 479 g/mol. The smallest absolute Gasteiger partial charge is 0.292 e. The van der Waals surface area contributed by atoms with Crippen molar-refractivity contribution in [2.24, 2.45) is 0 Å². The molecule has 0 atom stereocenters. The second-order valence-electron chi connectivity index (χ2n) is 8.60. The van der Waals surface area contributed by atoms with Crippen molar-refractivity contribution in [3.63, 3.8) is 0 Å². The fraction of sp³-hybridized carbons (Fsp3) is 0.179. The Kier molecular flexibility index (Phi) is 6.66. The van der Waals surface area contributed by atoms with Gasteiger partial charge in [0.1, 0.15) is 6.33 Å². The van der Waals surface area contributed by atoms with Crippen LogP contribution >= 0.6 is 0 Å². The molecule has 36 heavy (non-hydrogen) atoms. The van der Waals surface area contributed by atoms with Crippen LogP contribution in [0.5, 0.6) is 0 Å². The maximum absolute atomic E-state index is 13.3. The molecule has 2 heterocycles. The summed E-state index contributed by atoms with van der Waals surface area (Å²) >= 11 is 0. The Bertz CT molecular complexity index is 1520. The van der Waals surface area contributed by atoms with Crippen molar-refractivity contribution in [2.75, 3.05) is 0 Å². The highest BCUT2D eigenvalue weighted by Crippen LogP contribution is 2.26. The lowest BCUT2D eigenvalue weighted by molar-refractivity contribution is 0.0955. The van der Waals surface area contributed by atoms with Gasteiger partial charge < -0.3 is 0 Å². The highest BCUT2D eigenvalue weighted by molar-refractivity contribution is 5.95. The molecular formula is C28H26N6O2. The minimum Gasteiger partial charge on any atom is -0.292 e. The van der Waals surface area contributed by atoms with E-state index in [1.54, 1.807) is 46.0 Å². The molecule has 0 aliphatic heterocycles. The van der Waals surface area contributed by atoms with Gasteiger partial charge in [0.05, 0.1) is 12.2 Å². The molecule has 8 nitrogen and oxygen atoms in total. The van der Waals surface area contributed by atoms with Gasteiger partial charge in [0, 0.05) is 23.0 Å². The number of imidazole rings is 1. The van der Waals surface area contributed by atoms with E-state index in [1.165, 1.54) is 4.57 Å². The number of hydrogen-bond donors (Lipinski definition) is 0. The number of aryl methyl sites for hydroxylation is 1. The maximum atomic E-state index is 13.3. The zero-order chi connectivity index (χ0) is 24.9. The number of carbonyl (C=O) groups excluding carboxylic acids is 1. The Hall–Kier alpha value is -4.59. The predicted molar refractivity (Wildman–Crippen MR) is 137 cm³/mol. The van der Waals surface area contributed by atoms with Crippen LogP contribution in [0.3, 0.4) is 0 Å². The third-order valence-electron chi connectivity index (χ3n) is 6.19. The van der Waals surface area contributed by atoms with E-state index in [0.717, 1.165) is 47.3 Å². The van der Waals surface area contributed by atoms with E-state index in [2.05, 4.69) is 22.4 Å². The third kappa shape index (κ3) is 4.65. The van der Waals surface area contributed by atoms with Crippen LogP contribution in [0, 0.1) is 0 Å². The lowest BCUT2D eigenvalue weighted by atomic mass is 10.0. The van der Waals surface area contributed by atoms with Gasteiger partial charge in [0.2, 0.25) is 0 Å². The first kappa shape index (κ1) is 23.2. The Morgan fingerprint density at radius 2 is 1.67 bits per heavy atom. The second kappa shape index (κ2) is 10.4.